The van der Waals surface area contributed by atoms with Crippen LogP contribution in [0.5, 0.6) is 0 Å². The number of carboxylic acids is 1. The van der Waals surface area contributed by atoms with Crippen molar-refractivity contribution in [3.8, 4) is 0 Å². The molecule has 1 saturated carbocycles. The molecule has 1 aromatic carbocycles. The number of benzene rings is 1. The van der Waals surface area contributed by atoms with Gasteiger partial charge in [-0.1, -0.05) is 18.2 Å². The summed E-state index contributed by atoms with van der Waals surface area (Å²) in [5.74, 6) is -2.55. The van der Waals surface area contributed by atoms with Crippen LogP contribution in [-0.2, 0) is 20.8 Å². The van der Waals surface area contributed by atoms with Gasteiger partial charge in [0.05, 0.1) is 18.4 Å². The molecule has 2 aliphatic rings. The number of nitrogens with zero attached hydrogens (tertiary/aromatic N) is 1. The minimum Gasteiger partial charge on any atom is -0.481 e. The SMILES string of the molecule is O=C(O)C1CCC1C(=O)NCC(=O)N1CCc2ccccc21. The molecule has 0 bridgehead atoms. The van der Waals surface area contributed by atoms with Crippen molar-refractivity contribution in [3.05, 3.63) is 29.8 Å². The second-order valence-electron chi connectivity index (χ2n) is 5.77. The molecule has 0 radical (unpaired) electrons. The van der Waals surface area contributed by atoms with E-state index in [4.69, 9.17) is 5.11 Å². The molecule has 2 unspecified atom stereocenters. The monoisotopic (exact) mass is 302 g/mol. The third-order valence-corrected chi connectivity index (χ3v) is 4.53. The van der Waals surface area contributed by atoms with Crippen molar-refractivity contribution in [2.24, 2.45) is 11.8 Å². The van der Waals surface area contributed by atoms with Crippen molar-refractivity contribution >= 4 is 23.5 Å². The van der Waals surface area contributed by atoms with Crippen molar-refractivity contribution < 1.29 is 19.5 Å². The summed E-state index contributed by atoms with van der Waals surface area (Å²) < 4.78 is 0. The number of carboxylic acid groups (broad SMARTS) is 1. The summed E-state index contributed by atoms with van der Waals surface area (Å²) in [5.41, 5.74) is 2.03. The Morgan fingerprint density at radius 2 is 1.91 bits per heavy atom. The van der Waals surface area contributed by atoms with Gasteiger partial charge in [0, 0.05) is 12.2 Å². The number of hydrogen-bond acceptors (Lipinski definition) is 3. The maximum absolute atomic E-state index is 12.3. The molecular formula is C16H18N2O4. The van der Waals surface area contributed by atoms with Crippen LogP contribution in [0, 0.1) is 11.8 Å². The predicted molar refractivity (Wildman–Crippen MR) is 79.4 cm³/mol. The first-order chi connectivity index (χ1) is 10.6. The number of rotatable bonds is 4. The van der Waals surface area contributed by atoms with Crippen LogP contribution in [0.4, 0.5) is 5.69 Å². The molecular weight excluding hydrogens is 284 g/mol. The molecule has 1 fully saturated rings. The first-order valence-electron chi connectivity index (χ1n) is 7.46. The van der Waals surface area contributed by atoms with Crippen LogP contribution in [0.15, 0.2) is 24.3 Å². The molecule has 1 aliphatic heterocycles. The summed E-state index contributed by atoms with van der Waals surface area (Å²) in [5, 5.41) is 11.5. The number of aliphatic carboxylic acids is 1. The van der Waals surface area contributed by atoms with E-state index in [1.165, 1.54) is 0 Å². The van der Waals surface area contributed by atoms with Gasteiger partial charge < -0.3 is 15.3 Å². The highest BCUT2D eigenvalue weighted by molar-refractivity contribution is 5.99. The molecule has 22 heavy (non-hydrogen) atoms. The van der Waals surface area contributed by atoms with E-state index in [9.17, 15) is 14.4 Å². The maximum Gasteiger partial charge on any atom is 0.307 e. The summed E-state index contributed by atoms with van der Waals surface area (Å²) in [6.07, 6.45) is 1.92. The van der Waals surface area contributed by atoms with Gasteiger partial charge in [0.2, 0.25) is 11.8 Å². The Morgan fingerprint density at radius 3 is 2.59 bits per heavy atom. The molecule has 0 spiro atoms. The van der Waals surface area contributed by atoms with Crippen LogP contribution in [0.3, 0.4) is 0 Å². The van der Waals surface area contributed by atoms with Crippen LogP contribution in [-0.4, -0.2) is 36.0 Å². The minimum absolute atomic E-state index is 0.0873. The highest BCUT2D eigenvalue weighted by Crippen LogP contribution is 2.34. The number of carbonyl (C=O) groups excluding carboxylic acids is 2. The van der Waals surface area contributed by atoms with E-state index < -0.39 is 17.8 Å². The van der Waals surface area contributed by atoms with Gasteiger partial charge in [-0.3, -0.25) is 14.4 Å². The van der Waals surface area contributed by atoms with E-state index in [1.807, 2.05) is 24.3 Å². The van der Waals surface area contributed by atoms with Crippen LogP contribution < -0.4 is 10.2 Å². The molecule has 0 saturated heterocycles. The van der Waals surface area contributed by atoms with Gasteiger partial charge in [0.15, 0.2) is 0 Å². The first kappa shape index (κ1) is 14.6. The summed E-state index contributed by atoms with van der Waals surface area (Å²) in [6, 6.07) is 7.72. The largest absolute Gasteiger partial charge is 0.481 e. The van der Waals surface area contributed by atoms with Gasteiger partial charge in [-0.05, 0) is 30.9 Å². The van der Waals surface area contributed by atoms with E-state index in [0.717, 1.165) is 17.7 Å². The molecule has 2 atom stereocenters. The van der Waals surface area contributed by atoms with E-state index in [2.05, 4.69) is 5.32 Å². The summed E-state index contributed by atoms with van der Waals surface area (Å²) >= 11 is 0. The van der Waals surface area contributed by atoms with Crippen molar-refractivity contribution in [2.45, 2.75) is 19.3 Å². The number of anilines is 1. The number of para-hydroxylation sites is 1. The van der Waals surface area contributed by atoms with Gasteiger partial charge in [-0.2, -0.15) is 0 Å². The molecule has 2 amide bonds. The lowest BCUT2D eigenvalue weighted by molar-refractivity contribution is -0.152. The molecule has 6 nitrogen and oxygen atoms in total. The third-order valence-electron chi connectivity index (χ3n) is 4.53. The summed E-state index contributed by atoms with van der Waals surface area (Å²) in [6.45, 7) is 0.533. The smallest absolute Gasteiger partial charge is 0.307 e. The van der Waals surface area contributed by atoms with Crippen molar-refractivity contribution in [3.63, 3.8) is 0 Å². The lowest BCUT2D eigenvalue weighted by atomic mass is 9.73. The number of carbonyl (C=O) groups is 3. The van der Waals surface area contributed by atoms with Crippen molar-refractivity contribution in [1.82, 2.24) is 5.32 Å². The standard InChI is InChI=1S/C16H18N2O4/c19-14(18-8-7-10-3-1-2-4-13(10)18)9-17-15(20)11-5-6-12(11)16(21)22/h1-4,11-12H,5-9H2,(H,17,20)(H,21,22). The fourth-order valence-corrected chi connectivity index (χ4v) is 3.10. The molecule has 1 aliphatic carbocycles. The average Bonchev–Trinajstić information content (AvgIpc) is 2.87. The molecule has 116 valence electrons. The molecule has 0 aromatic heterocycles. The number of amides is 2. The number of fused-ring (bicyclic) bond motifs is 1. The van der Waals surface area contributed by atoms with Gasteiger partial charge in [-0.25, -0.2) is 0 Å². The summed E-state index contributed by atoms with van der Waals surface area (Å²) in [7, 11) is 0. The van der Waals surface area contributed by atoms with Crippen LogP contribution in [0.2, 0.25) is 0 Å². The Labute approximate surface area is 128 Å². The second-order valence-corrected chi connectivity index (χ2v) is 5.77. The van der Waals surface area contributed by atoms with Crippen LogP contribution >= 0.6 is 0 Å². The van der Waals surface area contributed by atoms with E-state index in [1.54, 1.807) is 4.90 Å². The minimum atomic E-state index is -0.939. The van der Waals surface area contributed by atoms with Crippen molar-refractivity contribution in [1.29, 1.82) is 0 Å². The number of hydrogen-bond donors (Lipinski definition) is 2. The Kier molecular flexibility index (Phi) is 3.83. The van der Waals surface area contributed by atoms with Crippen molar-refractivity contribution in [2.75, 3.05) is 18.0 Å². The highest BCUT2D eigenvalue weighted by atomic mass is 16.4. The Bertz CT molecular complexity index is 628. The van der Waals surface area contributed by atoms with Gasteiger partial charge in [-0.15, -0.1) is 0 Å². The predicted octanol–water partition coefficient (Wildman–Crippen LogP) is 0.803. The zero-order valence-corrected chi connectivity index (χ0v) is 12.1. The summed E-state index contributed by atoms with van der Waals surface area (Å²) in [4.78, 5) is 36.8. The Hall–Kier alpha value is -2.37. The van der Waals surface area contributed by atoms with Crippen LogP contribution in [0.25, 0.3) is 0 Å². The van der Waals surface area contributed by atoms with E-state index in [-0.39, 0.29) is 18.4 Å². The van der Waals surface area contributed by atoms with Gasteiger partial charge in [0.1, 0.15) is 0 Å². The maximum atomic E-state index is 12.3. The van der Waals surface area contributed by atoms with Gasteiger partial charge in [0.25, 0.3) is 0 Å². The van der Waals surface area contributed by atoms with Gasteiger partial charge >= 0.3 is 5.97 Å². The molecule has 6 heteroatoms. The third kappa shape index (κ3) is 2.56. The molecule has 1 heterocycles. The normalized spacial score (nSPS) is 22.6. The Morgan fingerprint density at radius 1 is 1.18 bits per heavy atom. The zero-order valence-electron chi connectivity index (χ0n) is 12.1. The lowest BCUT2D eigenvalue weighted by Crippen LogP contribution is -2.47. The molecule has 1 aromatic rings. The molecule has 3 rings (SSSR count). The van der Waals surface area contributed by atoms with E-state index in [0.29, 0.717) is 19.4 Å². The van der Waals surface area contributed by atoms with E-state index >= 15 is 0 Å². The quantitative estimate of drug-likeness (QED) is 0.861. The Balaban J connectivity index is 1.55. The zero-order chi connectivity index (χ0) is 15.7. The first-order valence-corrected chi connectivity index (χ1v) is 7.46. The average molecular weight is 302 g/mol. The fraction of sp³-hybridized carbons (Fsp3) is 0.438. The van der Waals surface area contributed by atoms with Crippen LogP contribution in [0.1, 0.15) is 18.4 Å². The topological polar surface area (TPSA) is 86.7 Å². The fourth-order valence-electron chi connectivity index (χ4n) is 3.10. The molecule has 2 N–H and O–H groups in total. The lowest BCUT2D eigenvalue weighted by Gasteiger charge is -2.32. The second kappa shape index (κ2) is 5.79. The number of nitrogens with one attached hydrogen (secondary N) is 1. The highest BCUT2D eigenvalue weighted by Gasteiger charge is 2.41.